The SMILES string of the molecule is Cc1nc2ccc(NC3CCCC(C4CC4)C3)cc2s1. The molecule has 0 bridgehead atoms. The van der Waals surface area contributed by atoms with Crippen molar-refractivity contribution in [3.8, 4) is 0 Å². The number of rotatable bonds is 3. The molecule has 1 aromatic carbocycles. The summed E-state index contributed by atoms with van der Waals surface area (Å²) in [6, 6.07) is 7.31. The highest BCUT2D eigenvalue weighted by molar-refractivity contribution is 7.18. The van der Waals surface area contributed by atoms with Crippen LogP contribution in [0.25, 0.3) is 10.2 Å². The summed E-state index contributed by atoms with van der Waals surface area (Å²) in [6.07, 6.45) is 8.57. The Morgan fingerprint density at radius 2 is 2.05 bits per heavy atom. The van der Waals surface area contributed by atoms with E-state index in [9.17, 15) is 0 Å². The minimum absolute atomic E-state index is 0.681. The van der Waals surface area contributed by atoms with Crippen LogP contribution >= 0.6 is 11.3 Å². The van der Waals surface area contributed by atoms with Gasteiger partial charge in [-0.25, -0.2) is 4.98 Å². The van der Waals surface area contributed by atoms with E-state index >= 15 is 0 Å². The molecule has 2 nitrogen and oxygen atoms in total. The van der Waals surface area contributed by atoms with E-state index in [0.29, 0.717) is 6.04 Å². The number of thiazole rings is 1. The molecule has 0 saturated heterocycles. The molecule has 3 heteroatoms. The smallest absolute Gasteiger partial charge is 0.0907 e. The van der Waals surface area contributed by atoms with Gasteiger partial charge in [0.1, 0.15) is 0 Å². The average Bonchev–Trinajstić information content (AvgIpc) is 3.21. The number of hydrogen-bond acceptors (Lipinski definition) is 3. The zero-order chi connectivity index (χ0) is 13.5. The molecule has 0 aliphatic heterocycles. The number of hydrogen-bond donors (Lipinski definition) is 1. The number of anilines is 1. The highest BCUT2D eigenvalue weighted by Gasteiger charge is 2.34. The predicted octanol–water partition coefficient (Wildman–Crippen LogP) is 4.99. The van der Waals surface area contributed by atoms with Crippen molar-refractivity contribution in [1.29, 1.82) is 0 Å². The number of nitrogens with zero attached hydrogens (tertiary/aromatic N) is 1. The highest BCUT2D eigenvalue weighted by atomic mass is 32.1. The van der Waals surface area contributed by atoms with E-state index in [1.807, 2.05) is 0 Å². The second kappa shape index (κ2) is 5.03. The molecule has 0 radical (unpaired) electrons. The van der Waals surface area contributed by atoms with E-state index in [1.54, 1.807) is 11.3 Å². The Kier molecular flexibility index (Phi) is 3.18. The van der Waals surface area contributed by atoms with E-state index in [-0.39, 0.29) is 0 Å². The normalized spacial score (nSPS) is 26.9. The van der Waals surface area contributed by atoms with Gasteiger partial charge in [-0.2, -0.15) is 0 Å². The van der Waals surface area contributed by atoms with E-state index < -0.39 is 0 Å². The molecule has 2 aliphatic rings. The molecule has 2 aromatic rings. The third-order valence-electron chi connectivity index (χ3n) is 4.87. The third-order valence-corrected chi connectivity index (χ3v) is 5.80. The number of aryl methyl sites for hydroxylation is 1. The zero-order valence-electron chi connectivity index (χ0n) is 12.1. The molecular weight excluding hydrogens is 264 g/mol. The third kappa shape index (κ3) is 2.56. The highest BCUT2D eigenvalue weighted by Crippen LogP contribution is 2.44. The molecule has 0 spiro atoms. The van der Waals surface area contributed by atoms with Crippen LogP contribution in [0.1, 0.15) is 43.5 Å². The molecule has 20 heavy (non-hydrogen) atoms. The molecule has 2 unspecified atom stereocenters. The van der Waals surface area contributed by atoms with Gasteiger partial charge in [0.15, 0.2) is 0 Å². The maximum atomic E-state index is 4.54. The number of benzene rings is 1. The fourth-order valence-corrected chi connectivity index (χ4v) is 4.59. The van der Waals surface area contributed by atoms with Crippen LogP contribution in [0.4, 0.5) is 5.69 Å². The molecule has 2 fully saturated rings. The topological polar surface area (TPSA) is 24.9 Å². The number of fused-ring (bicyclic) bond motifs is 1. The van der Waals surface area contributed by atoms with Crippen LogP contribution in [-0.2, 0) is 0 Å². The first-order valence-electron chi connectivity index (χ1n) is 7.91. The van der Waals surface area contributed by atoms with E-state index in [0.717, 1.165) is 22.4 Å². The molecule has 1 N–H and O–H groups in total. The van der Waals surface area contributed by atoms with Crippen LogP contribution in [-0.4, -0.2) is 11.0 Å². The molecule has 2 saturated carbocycles. The molecule has 2 aliphatic carbocycles. The Morgan fingerprint density at radius 3 is 2.90 bits per heavy atom. The largest absolute Gasteiger partial charge is 0.382 e. The quantitative estimate of drug-likeness (QED) is 0.860. The van der Waals surface area contributed by atoms with Gasteiger partial charge in [-0.05, 0) is 62.6 Å². The van der Waals surface area contributed by atoms with Gasteiger partial charge in [0.25, 0.3) is 0 Å². The molecule has 106 valence electrons. The van der Waals surface area contributed by atoms with E-state index in [1.165, 1.54) is 48.9 Å². The lowest BCUT2D eigenvalue weighted by Crippen LogP contribution is -2.28. The predicted molar refractivity (Wildman–Crippen MR) is 86.4 cm³/mol. The molecular formula is C17H22N2S. The van der Waals surface area contributed by atoms with Crippen molar-refractivity contribution >= 4 is 27.2 Å². The molecule has 4 rings (SSSR count). The van der Waals surface area contributed by atoms with Gasteiger partial charge in [0.2, 0.25) is 0 Å². The lowest BCUT2D eigenvalue weighted by Gasteiger charge is -2.30. The Balaban J connectivity index is 1.48. The summed E-state index contributed by atoms with van der Waals surface area (Å²) in [5, 5.41) is 4.93. The van der Waals surface area contributed by atoms with Crippen LogP contribution in [0.15, 0.2) is 18.2 Å². The summed E-state index contributed by atoms with van der Waals surface area (Å²) in [5.74, 6) is 2.06. The Hall–Kier alpha value is -1.09. The summed E-state index contributed by atoms with van der Waals surface area (Å²) < 4.78 is 1.31. The van der Waals surface area contributed by atoms with E-state index in [2.05, 4.69) is 35.4 Å². The van der Waals surface area contributed by atoms with Crippen molar-refractivity contribution < 1.29 is 0 Å². The first kappa shape index (κ1) is 12.6. The first-order chi connectivity index (χ1) is 9.78. The van der Waals surface area contributed by atoms with Gasteiger partial charge in [0, 0.05) is 11.7 Å². The summed E-state index contributed by atoms with van der Waals surface area (Å²) in [6.45, 7) is 2.08. The van der Waals surface area contributed by atoms with Crippen molar-refractivity contribution in [2.75, 3.05) is 5.32 Å². The van der Waals surface area contributed by atoms with Crippen molar-refractivity contribution in [3.05, 3.63) is 23.2 Å². The molecule has 1 heterocycles. The minimum atomic E-state index is 0.681. The number of nitrogens with one attached hydrogen (secondary N) is 1. The van der Waals surface area contributed by atoms with Crippen LogP contribution in [0, 0.1) is 18.8 Å². The summed E-state index contributed by atoms with van der Waals surface area (Å²) >= 11 is 1.79. The summed E-state index contributed by atoms with van der Waals surface area (Å²) in [7, 11) is 0. The summed E-state index contributed by atoms with van der Waals surface area (Å²) in [5.41, 5.74) is 2.42. The van der Waals surface area contributed by atoms with Crippen molar-refractivity contribution in [3.63, 3.8) is 0 Å². The van der Waals surface area contributed by atoms with Crippen LogP contribution in [0.2, 0.25) is 0 Å². The first-order valence-corrected chi connectivity index (χ1v) is 8.73. The zero-order valence-corrected chi connectivity index (χ0v) is 12.9. The van der Waals surface area contributed by atoms with Gasteiger partial charge in [-0.15, -0.1) is 11.3 Å². The standard InChI is InChI=1S/C17H22N2S/c1-11-18-16-8-7-15(10-17(16)20-11)19-14-4-2-3-13(9-14)12-5-6-12/h7-8,10,12-14,19H,2-6,9H2,1H3. The molecule has 1 aromatic heterocycles. The Labute approximate surface area is 124 Å². The van der Waals surface area contributed by atoms with Gasteiger partial charge < -0.3 is 5.32 Å². The fraction of sp³-hybridized carbons (Fsp3) is 0.588. The van der Waals surface area contributed by atoms with Crippen LogP contribution in [0.5, 0.6) is 0 Å². The second-order valence-corrected chi connectivity index (χ2v) is 7.76. The van der Waals surface area contributed by atoms with Crippen LogP contribution < -0.4 is 5.32 Å². The summed E-state index contributed by atoms with van der Waals surface area (Å²) in [4.78, 5) is 4.54. The monoisotopic (exact) mass is 286 g/mol. The maximum Gasteiger partial charge on any atom is 0.0907 e. The van der Waals surface area contributed by atoms with Gasteiger partial charge in [-0.1, -0.05) is 12.8 Å². The minimum Gasteiger partial charge on any atom is -0.382 e. The molecule has 0 amide bonds. The average molecular weight is 286 g/mol. The lowest BCUT2D eigenvalue weighted by molar-refractivity contribution is 0.303. The van der Waals surface area contributed by atoms with Crippen molar-refractivity contribution in [2.45, 2.75) is 51.5 Å². The van der Waals surface area contributed by atoms with Gasteiger partial charge >= 0.3 is 0 Å². The molecule has 2 atom stereocenters. The number of aromatic nitrogens is 1. The lowest BCUT2D eigenvalue weighted by atomic mass is 9.82. The van der Waals surface area contributed by atoms with E-state index in [4.69, 9.17) is 0 Å². The van der Waals surface area contributed by atoms with Crippen molar-refractivity contribution in [2.24, 2.45) is 11.8 Å². The Morgan fingerprint density at radius 1 is 1.15 bits per heavy atom. The Bertz CT molecular complexity index is 614. The van der Waals surface area contributed by atoms with Gasteiger partial charge in [-0.3, -0.25) is 0 Å². The van der Waals surface area contributed by atoms with Crippen molar-refractivity contribution in [1.82, 2.24) is 4.98 Å². The van der Waals surface area contributed by atoms with Crippen LogP contribution in [0.3, 0.4) is 0 Å². The fourth-order valence-electron chi connectivity index (χ4n) is 3.72. The van der Waals surface area contributed by atoms with Gasteiger partial charge in [0.05, 0.1) is 15.2 Å². The maximum absolute atomic E-state index is 4.54. The second-order valence-electron chi connectivity index (χ2n) is 6.52.